The topological polar surface area (TPSA) is 3.24 Å². The fourth-order valence-corrected chi connectivity index (χ4v) is 7.16. The zero-order valence-electron chi connectivity index (χ0n) is 26.9. The normalized spacial score (nSPS) is 13.1. The van der Waals surface area contributed by atoms with E-state index in [4.69, 9.17) is 0 Å². The van der Waals surface area contributed by atoms with Crippen LogP contribution in [0.15, 0.2) is 176 Å². The molecule has 1 nitrogen and oxygen atoms in total. The number of fused-ring (bicyclic) bond motifs is 2. The summed E-state index contributed by atoms with van der Waals surface area (Å²) in [5.74, 6) is 0. The summed E-state index contributed by atoms with van der Waals surface area (Å²) in [4.78, 5) is 2.41. The van der Waals surface area contributed by atoms with Gasteiger partial charge in [-0.25, -0.2) is 0 Å². The van der Waals surface area contributed by atoms with E-state index in [2.05, 4.69) is 195 Å². The van der Waals surface area contributed by atoms with Gasteiger partial charge in [0, 0.05) is 11.1 Å². The summed E-state index contributed by atoms with van der Waals surface area (Å²) in [6, 6.07) is 64.1. The third-order valence-electron chi connectivity index (χ3n) is 9.67. The summed E-state index contributed by atoms with van der Waals surface area (Å²) in [6.45, 7) is 4.71. The standard InChI is InChI=1S/C46H37N/c1-46(2)42-21-9-10-22-44(42)47(41-19-7-4-8-20-41)45-28-27-40(32-43(45)46)39-18-12-17-38(31-39)37-16-11-13-34(30-37)29-33-23-25-36(26-24-33)35-14-5-3-6-15-35/h3-28,30-32H,29H2,1-2H3. The second-order valence-corrected chi connectivity index (χ2v) is 13.1. The molecule has 0 saturated carbocycles. The molecule has 0 saturated heterocycles. The Balaban J connectivity index is 1.11. The van der Waals surface area contributed by atoms with Gasteiger partial charge in [-0.15, -0.1) is 0 Å². The molecule has 0 atom stereocenters. The van der Waals surface area contributed by atoms with E-state index in [1.807, 2.05) is 0 Å². The molecule has 226 valence electrons. The predicted octanol–water partition coefficient (Wildman–Crippen LogP) is 12.4. The molecular formula is C46H37N. The van der Waals surface area contributed by atoms with E-state index in [-0.39, 0.29) is 5.41 Å². The van der Waals surface area contributed by atoms with Crippen LogP contribution in [-0.4, -0.2) is 0 Å². The van der Waals surface area contributed by atoms with Crippen molar-refractivity contribution < 1.29 is 0 Å². The molecule has 0 aromatic heterocycles. The summed E-state index contributed by atoms with van der Waals surface area (Å²) in [6.07, 6.45) is 0.905. The smallest absolute Gasteiger partial charge is 0.0503 e. The van der Waals surface area contributed by atoms with Gasteiger partial charge in [-0.3, -0.25) is 0 Å². The SMILES string of the molecule is CC1(C)c2ccccc2N(c2ccccc2)c2ccc(-c3cccc(-c4cccc(Cc5ccc(-c6ccccc6)cc5)c4)c3)cc21. The van der Waals surface area contributed by atoms with E-state index in [0.717, 1.165) is 6.42 Å². The Morgan fingerprint density at radius 1 is 0.383 bits per heavy atom. The van der Waals surface area contributed by atoms with Gasteiger partial charge >= 0.3 is 0 Å². The highest BCUT2D eigenvalue weighted by molar-refractivity contribution is 5.87. The first kappa shape index (κ1) is 28.8. The van der Waals surface area contributed by atoms with Crippen LogP contribution in [0.2, 0.25) is 0 Å². The number of para-hydroxylation sites is 2. The molecule has 0 unspecified atom stereocenters. The highest BCUT2D eigenvalue weighted by Crippen LogP contribution is 2.52. The highest BCUT2D eigenvalue weighted by Gasteiger charge is 2.36. The van der Waals surface area contributed by atoms with Crippen LogP contribution in [0.5, 0.6) is 0 Å². The monoisotopic (exact) mass is 603 g/mol. The van der Waals surface area contributed by atoms with Crippen molar-refractivity contribution in [1.29, 1.82) is 0 Å². The number of anilines is 3. The van der Waals surface area contributed by atoms with E-state index in [1.54, 1.807) is 0 Å². The first-order chi connectivity index (χ1) is 23.0. The lowest BCUT2D eigenvalue weighted by Gasteiger charge is -2.42. The molecule has 8 rings (SSSR count). The summed E-state index contributed by atoms with van der Waals surface area (Å²) in [7, 11) is 0. The molecule has 1 aliphatic heterocycles. The van der Waals surface area contributed by atoms with Gasteiger partial charge < -0.3 is 4.90 Å². The maximum absolute atomic E-state index is 2.41. The molecule has 7 aromatic rings. The lowest BCUT2D eigenvalue weighted by molar-refractivity contribution is 0.632. The van der Waals surface area contributed by atoms with Gasteiger partial charge in [0.1, 0.15) is 0 Å². The minimum absolute atomic E-state index is 0.140. The third kappa shape index (κ3) is 5.45. The van der Waals surface area contributed by atoms with Crippen LogP contribution in [0.4, 0.5) is 17.1 Å². The van der Waals surface area contributed by atoms with Crippen molar-refractivity contribution in [2.45, 2.75) is 25.7 Å². The van der Waals surface area contributed by atoms with E-state index in [1.165, 1.54) is 72.7 Å². The molecular weight excluding hydrogens is 567 g/mol. The van der Waals surface area contributed by atoms with E-state index < -0.39 is 0 Å². The number of benzene rings is 7. The molecule has 0 bridgehead atoms. The van der Waals surface area contributed by atoms with Gasteiger partial charge in [0.15, 0.2) is 0 Å². The Morgan fingerprint density at radius 3 is 1.66 bits per heavy atom. The maximum atomic E-state index is 2.41. The van der Waals surface area contributed by atoms with Crippen molar-refractivity contribution in [1.82, 2.24) is 0 Å². The lowest BCUT2D eigenvalue weighted by atomic mass is 9.73. The lowest BCUT2D eigenvalue weighted by Crippen LogP contribution is -2.30. The third-order valence-corrected chi connectivity index (χ3v) is 9.67. The Hall–Kier alpha value is -5.66. The fraction of sp³-hybridized carbons (Fsp3) is 0.0870. The summed E-state index contributed by atoms with van der Waals surface area (Å²) in [5, 5.41) is 0. The van der Waals surface area contributed by atoms with E-state index in [0.29, 0.717) is 0 Å². The Morgan fingerprint density at radius 2 is 0.915 bits per heavy atom. The summed E-state index contributed by atoms with van der Waals surface area (Å²) >= 11 is 0. The molecule has 47 heavy (non-hydrogen) atoms. The molecule has 1 heteroatoms. The van der Waals surface area contributed by atoms with Gasteiger partial charge in [-0.1, -0.05) is 153 Å². The average Bonchev–Trinajstić information content (AvgIpc) is 3.13. The molecule has 0 aliphatic carbocycles. The maximum Gasteiger partial charge on any atom is 0.0503 e. The number of rotatable bonds is 6. The molecule has 0 radical (unpaired) electrons. The average molecular weight is 604 g/mol. The molecule has 0 spiro atoms. The minimum atomic E-state index is -0.140. The van der Waals surface area contributed by atoms with Gasteiger partial charge in [0.2, 0.25) is 0 Å². The van der Waals surface area contributed by atoms with Crippen molar-refractivity contribution in [3.05, 3.63) is 198 Å². The first-order valence-corrected chi connectivity index (χ1v) is 16.5. The number of hydrogen-bond acceptors (Lipinski definition) is 1. The Bertz CT molecular complexity index is 2180. The van der Waals surface area contributed by atoms with E-state index in [9.17, 15) is 0 Å². The van der Waals surface area contributed by atoms with Crippen LogP contribution in [0.25, 0.3) is 33.4 Å². The van der Waals surface area contributed by atoms with Crippen molar-refractivity contribution in [3.63, 3.8) is 0 Å². The fourth-order valence-electron chi connectivity index (χ4n) is 7.16. The predicted molar refractivity (Wildman–Crippen MR) is 199 cm³/mol. The van der Waals surface area contributed by atoms with Crippen molar-refractivity contribution in [2.75, 3.05) is 4.90 Å². The zero-order valence-corrected chi connectivity index (χ0v) is 26.9. The van der Waals surface area contributed by atoms with Crippen LogP contribution >= 0.6 is 0 Å². The first-order valence-electron chi connectivity index (χ1n) is 16.5. The van der Waals surface area contributed by atoms with Gasteiger partial charge in [-0.2, -0.15) is 0 Å². The second-order valence-electron chi connectivity index (χ2n) is 13.1. The second kappa shape index (κ2) is 11.9. The zero-order chi connectivity index (χ0) is 31.8. The minimum Gasteiger partial charge on any atom is -0.310 e. The molecule has 0 N–H and O–H groups in total. The molecule has 0 fully saturated rings. The number of nitrogens with zero attached hydrogens (tertiary/aromatic N) is 1. The Labute approximate surface area is 278 Å². The summed E-state index contributed by atoms with van der Waals surface area (Å²) < 4.78 is 0. The number of hydrogen-bond donors (Lipinski definition) is 0. The van der Waals surface area contributed by atoms with Crippen molar-refractivity contribution in [3.8, 4) is 33.4 Å². The van der Waals surface area contributed by atoms with Crippen molar-refractivity contribution in [2.24, 2.45) is 0 Å². The Kier molecular flexibility index (Phi) is 7.31. The van der Waals surface area contributed by atoms with E-state index >= 15 is 0 Å². The van der Waals surface area contributed by atoms with Crippen LogP contribution in [-0.2, 0) is 11.8 Å². The van der Waals surface area contributed by atoms with Crippen LogP contribution < -0.4 is 4.90 Å². The van der Waals surface area contributed by atoms with Crippen LogP contribution in [0.3, 0.4) is 0 Å². The molecule has 1 heterocycles. The van der Waals surface area contributed by atoms with Gasteiger partial charge in [0.25, 0.3) is 0 Å². The van der Waals surface area contributed by atoms with Crippen LogP contribution in [0.1, 0.15) is 36.1 Å². The molecule has 1 aliphatic rings. The van der Waals surface area contributed by atoms with Gasteiger partial charge in [0.05, 0.1) is 11.4 Å². The molecule has 7 aromatic carbocycles. The van der Waals surface area contributed by atoms with Gasteiger partial charge in [-0.05, 0) is 98.5 Å². The summed E-state index contributed by atoms with van der Waals surface area (Å²) in [5.41, 5.74) is 16.3. The van der Waals surface area contributed by atoms with Crippen LogP contribution in [0, 0.1) is 0 Å². The largest absolute Gasteiger partial charge is 0.310 e. The molecule has 0 amide bonds. The van der Waals surface area contributed by atoms with Crippen molar-refractivity contribution >= 4 is 17.1 Å². The quantitative estimate of drug-likeness (QED) is 0.183. The highest BCUT2D eigenvalue weighted by atomic mass is 15.2.